The minimum atomic E-state index is 0. The number of benzene rings is 3. The summed E-state index contributed by atoms with van der Waals surface area (Å²) in [6.45, 7) is 0.919. The van der Waals surface area contributed by atoms with Gasteiger partial charge in [-0.1, -0.05) is 72.4 Å². The smallest absolute Gasteiger partial charge is 0.163 e. The number of nitrogens with one attached hydrogen (secondary N) is 2. The fourth-order valence-electron chi connectivity index (χ4n) is 2.47. The quantitative estimate of drug-likeness (QED) is 0.229. The highest BCUT2D eigenvalue weighted by Crippen LogP contribution is 2.32. The van der Waals surface area contributed by atoms with E-state index in [2.05, 4.69) is 5.32 Å². The van der Waals surface area contributed by atoms with Gasteiger partial charge in [0.25, 0.3) is 0 Å². The Bertz CT molecular complexity index is 876. The number of thioether (sulfide) groups is 1. The van der Waals surface area contributed by atoms with Gasteiger partial charge in [0, 0.05) is 11.8 Å². The second-order valence-corrected chi connectivity index (χ2v) is 6.68. The lowest BCUT2D eigenvalue weighted by atomic mass is 10.2. The van der Waals surface area contributed by atoms with Crippen molar-refractivity contribution in [1.29, 1.82) is 5.41 Å². The van der Waals surface area contributed by atoms with Crippen LogP contribution in [-0.2, 0) is 13.2 Å². The summed E-state index contributed by atoms with van der Waals surface area (Å²) in [5.41, 5.74) is 2.98. The summed E-state index contributed by atoms with van der Waals surface area (Å²) in [4.78, 5) is 0. The predicted molar refractivity (Wildman–Crippen MR) is 128 cm³/mol. The summed E-state index contributed by atoms with van der Waals surface area (Å²) in [5, 5.41) is 11.2. The number of halogens is 1. The number of anilines is 1. The van der Waals surface area contributed by atoms with Crippen LogP contribution in [0.25, 0.3) is 0 Å². The summed E-state index contributed by atoms with van der Waals surface area (Å²) in [7, 11) is 0. The molecule has 0 aliphatic heterocycles. The Morgan fingerprint density at radius 2 is 1.36 bits per heavy atom. The van der Waals surface area contributed by atoms with E-state index < -0.39 is 0 Å². The summed E-state index contributed by atoms with van der Waals surface area (Å²) >= 11 is 1.35. The Kier molecular flexibility index (Phi) is 9.16. The SMILES string of the molecule is CSC(=N)Nc1ccc(OCc2ccccc2)c(OCc2ccccc2)c1.I. The second-order valence-electron chi connectivity index (χ2n) is 5.87. The Labute approximate surface area is 187 Å². The molecule has 4 nitrogen and oxygen atoms in total. The van der Waals surface area contributed by atoms with Gasteiger partial charge >= 0.3 is 0 Å². The third kappa shape index (κ3) is 6.76. The molecule has 3 aromatic rings. The fraction of sp³-hybridized carbons (Fsp3) is 0.136. The normalized spacial score (nSPS) is 9.89. The molecule has 0 aliphatic carbocycles. The van der Waals surface area contributed by atoms with Crippen molar-refractivity contribution < 1.29 is 9.47 Å². The molecule has 0 atom stereocenters. The van der Waals surface area contributed by atoms with Crippen molar-refractivity contribution in [2.45, 2.75) is 13.2 Å². The van der Waals surface area contributed by atoms with Crippen molar-refractivity contribution in [2.75, 3.05) is 11.6 Å². The molecule has 0 saturated heterocycles. The van der Waals surface area contributed by atoms with Crippen LogP contribution in [0.2, 0.25) is 0 Å². The van der Waals surface area contributed by atoms with E-state index in [1.807, 2.05) is 85.1 Å². The standard InChI is InChI=1S/C22H22N2O2S.HI/c1-27-22(23)24-19-12-13-20(25-15-17-8-4-2-5-9-17)21(14-19)26-16-18-10-6-3-7-11-18;/h2-14H,15-16H2,1H3,(H2,23,24);1H. The molecule has 0 aliphatic rings. The van der Waals surface area contributed by atoms with Crippen LogP contribution in [0.4, 0.5) is 5.69 Å². The van der Waals surface area contributed by atoms with E-state index in [0.717, 1.165) is 16.8 Å². The molecule has 0 saturated carbocycles. The monoisotopic (exact) mass is 506 g/mol. The van der Waals surface area contributed by atoms with Crippen molar-refractivity contribution >= 4 is 46.6 Å². The van der Waals surface area contributed by atoms with Crippen LogP contribution >= 0.6 is 35.7 Å². The highest BCUT2D eigenvalue weighted by Gasteiger charge is 2.09. The van der Waals surface area contributed by atoms with E-state index in [9.17, 15) is 0 Å². The number of ether oxygens (including phenoxy) is 2. The minimum Gasteiger partial charge on any atom is -0.485 e. The first-order chi connectivity index (χ1) is 13.2. The summed E-state index contributed by atoms with van der Waals surface area (Å²) in [6, 6.07) is 25.7. The molecule has 0 aromatic heterocycles. The third-order valence-corrected chi connectivity index (χ3v) is 4.39. The average molecular weight is 506 g/mol. The van der Waals surface area contributed by atoms with Gasteiger partial charge in [-0.3, -0.25) is 5.41 Å². The summed E-state index contributed by atoms with van der Waals surface area (Å²) in [6.07, 6.45) is 1.86. The van der Waals surface area contributed by atoms with E-state index >= 15 is 0 Å². The maximum atomic E-state index is 7.81. The zero-order valence-corrected chi connectivity index (χ0v) is 18.7. The van der Waals surface area contributed by atoms with Crippen molar-refractivity contribution in [3.8, 4) is 11.5 Å². The van der Waals surface area contributed by atoms with E-state index in [1.54, 1.807) is 0 Å². The molecule has 6 heteroatoms. The fourth-order valence-corrected chi connectivity index (χ4v) is 2.69. The largest absolute Gasteiger partial charge is 0.485 e. The van der Waals surface area contributed by atoms with Crippen LogP contribution in [0, 0.1) is 5.41 Å². The van der Waals surface area contributed by atoms with E-state index in [1.165, 1.54) is 11.8 Å². The average Bonchev–Trinajstić information content (AvgIpc) is 2.73. The van der Waals surface area contributed by atoms with E-state index in [0.29, 0.717) is 29.9 Å². The molecule has 0 radical (unpaired) electrons. The molecule has 28 heavy (non-hydrogen) atoms. The van der Waals surface area contributed by atoms with Gasteiger partial charge in [-0.05, 0) is 29.5 Å². The highest BCUT2D eigenvalue weighted by atomic mass is 127. The second kappa shape index (κ2) is 11.6. The molecule has 0 unspecified atom stereocenters. The number of hydrogen-bond acceptors (Lipinski definition) is 4. The van der Waals surface area contributed by atoms with E-state index in [4.69, 9.17) is 14.9 Å². The van der Waals surface area contributed by atoms with Gasteiger partial charge in [0.2, 0.25) is 0 Å². The predicted octanol–water partition coefficient (Wildman–Crippen LogP) is 6.17. The molecule has 0 spiro atoms. The molecule has 0 fully saturated rings. The van der Waals surface area contributed by atoms with Crippen LogP contribution in [-0.4, -0.2) is 11.4 Å². The van der Waals surface area contributed by atoms with Crippen LogP contribution in [0.15, 0.2) is 78.9 Å². The highest BCUT2D eigenvalue weighted by molar-refractivity contribution is 14.0. The molecule has 3 rings (SSSR count). The lowest BCUT2D eigenvalue weighted by molar-refractivity contribution is 0.256. The van der Waals surface area contributed by atoms with Gasteiger partial charge in [0.15, 0.2) is 16.7 Å². The van der Waals surface area contributed by atoms with Crippen LogP contribution < -0.4 is 14.8 Å². The van der Waals surface area contributed by atoms with Crippen molar-refractivity contribution in [3.63, 3.8) is 0 Å². The zero-order valence-electron chi connectivity index (χ0n) is 15.6. The summed E-state index contributed by atoms with van der Waals surface area (Å²) < 4.78 is 12.0. The number of hydrogen-bond donors (Lipinski definition) is 2. The van der Waals surface area contributed by atoms with Crippen molar-refractivity contribution in [3.05, 3.63) is 90.0 Å². The minimum absolute atomic E-state index is 0. The number of amidine groups is 1. The van der Waals surface area contributed by atoms with Gasteiger partial charge in [0.1, 0.15) is 13.2 Å². The molecular weight excluding hydrogens is 483 g/mol. The van der Waals surface area contributed by atoms with Gasteiger partial charge in [-0.15, -0.1) is 24.0 Å². The maximum absolute atomic E-state index is 7.81. The Morgan fingerprint density at radius 1 is 0.821 bits per heavy atom. The Morgan fingerprint density at radius 3 is 1.89 bits per heavy atom. The van der Waals surface area contributed by atoms with Gasteiger partial charge < -0.3 is 14.8 Å². The molecule has 3 aromatic carbocycles. The van der Waals surface area contributed by atoms with Crippen molar-refractivity contribution in [2.24, 2.45) is 0 Å². The first kappa shape index (κ1) is 22.1. The Balaban J connectivity index is 0.00000280. The molecule has 2 N–H and O–H groups in total. The molecular formula is C22H23IN2O2S. The van der Waals surface area contributed by atoms with Crippen LogP contribution in [0.3, 0.4) is 0 Å². The first-order valence-corrected chi connectivity index (χ1v) is 9.84. The third-order valence-electron chi connectivity index (χ3n) is 3.88. The van der Waals surface area contributed by atoms with E-state index in [-0.39, 0.29) is 24.0 Å². The molecule has 0 bridgehead atoms. The molecule has 0 heterocycles. The van der Waals surface area contributed by atoms with Crippen LogP contribution in [0.1, 0.15) is 11.1 Å². The van der Waals surface area contributed by atoms with Gasteiger partial charge in [-0.25, -0.2) is 0 Å². The topological polar surface area (TPSA) is 54.3 Å². The van der Waals surface area contributed by atoms with Gasteiger partial charge in [-0.2, -0.15) is 0 Å². The maximum Gasteiger partial charge on any atom is 0.163 e. The first-order valence-electron chi connectivity index (χ1n) is 8.61. The molecule has 0 amide bonds. The van der Waals surface area contributed by atoms with Crippen molar-refractivity contribution in [1.82, 2.24) is 0 Å². The zero-order chi connectivity index (χ0) is 18.9. The number of rotatable bonds is 7. The lowest BCUT2D eigenvalue weighted by Gasteiger charge is -2.15. The molecule has 146 valence electrons. The Hall–Kier alpha value is -2.19. The lowest BCUT2D eigenvalue weighted by Crippen LogP contribution is -2.06. The summed E-state index contributed by atoms with van der Waals surface area (Å²) in [5.74, 6) is 1.32. The van der Waals surface area contributed by atoms with Gasteiger partial charge in [0.05, 0.1) is 0 Å². The van der Waals surface area contributed by atoms with Crippen LogP contribution in [0.5, 0.6) is 11.5 Å².